The van der Waals surface area contributed by atoms with Crippen molar-refractivity contribution in [2.24, 2.45) is 5.73 Å². The molecule has 6 rings (SSSR count). The first-order valence-electron chi connectivity index (χ1n) is 25.1. The number of carbonyl (C=O) groups is 7. The molecule has 11 N–H and O–H groups in total. The van der Waals surface area contributed by atoms with E-state index in [1.54, 1.807) is 6.20 Å². The molecule has 1 fully saturated rings. The number of hydrogen-bond acceptors (Lipinski definition) is 9. The van der Waals surface area contributed by atoms with Crippen molar-refractivity contribution in [2.75, 3.05) is 13.1 Å². The van der Waals surface area contributed by atoms with Crippen LogP contribution in [0.3, 0.4) is 0 Å². The lowest BCUT2D eigenvalue weighted by Crippen LogP contribution is -2.61. The Morgan fingerprint density at radius 1 is 0.562 bits per heavy atom. The number of aliphatic hydroxyl groups excluding tert-OH is 1. The zero-order valence-electron chi connectivity index (χ0n) is 41.2. The van der Waals surface area contributed by atoms with Crippen LogP contribution in [0.15, 0.2) is 120 Å². The number of aromatic amines is 1. The van der Waals surface area contributed by atoms with Crippen LogP contribution in [0.1, 0.15) is 80.5 Å². The maximum absolute atomic E-state index is 14.8. The summed E-state index contributed by atoms with van der Waals surface area (Å²) in [4.78, 5) is 103. The monoisotopic (exact) mass is 1060 g/mol. The van der Waals surface area contributed by atoms with E-state index in [1.807, 2.05) is 109 Å². The number of halogens is 1. The Bertz CT molecular complexity index is 2620. The number of carbonyl (C=O) groups excluding carboxylic acids is 7. The van der Waals surface area contributed by atoms with E-state index in [0.29, 0.717) is 56.2 Å². The summed E-state index contributed by atoms with van der Waals surface area (Å²) in [5, 5.41) is 31.6. The van der Waals surface area contributed by atoms with Crippen LogP contribution < -0.4 is 43.0 Å². The number of rotatable bonds is 13. The van der Waals surface area contributed by atoms with Gasteiger partial charge in [0.15, 0.2) is 0 Å². The topological polar surface area (TPSA) is 266 Å². The van der Waals surface area contributed by atoms with Gasteiger partial charge in [0, 0.05) is 60.2 Å². The first kappa shape index (κ1) is 55.4. The summed E-state index contributed by atoms with van der Waals surface area (Å²) in [5.74, 6) is -4.48. The van der Waals surface area contributed by atoms with Crippen LogP contribution >= 0.6 is 15.9 Å². The fraction of sp³-hybridized carbons (Fsp3) is 0.400. The summed E-state index contributed by atoms with van der Waals surface area (Å²) in [6, 6.07) is 25.4. The lowest BCUT2D eigenvalue weighted by atomic mass is 10.00. The minimum atomic E-state index is -1.54. The van der Waals surface area contributed by atoms with Gasteiger partial charge in [0.1, 0.15) is 36.3 Å². The fourth-order valence-corrected chi connectivity index (χ4v) is 9.15. The molecular weight excluding hydrogens is 995 g/mol. The average Bonchev–Trinajstić information content (AvgIpc) is 3.77. The lowest BCUT2D eigenvalue weighted by molar-refractivity contribution is -0.136. The zero-order chi connectivity index (χ0) is 52.1. The van der Waals surface area contributed by atoms with Gasteiger partial charge in [-0.05, 0) is 86.0 Å². The molecule has 1 aliphatic rings. The first-order chi connectivity index (χ1) is 35.3. The molecule has 1 aromatic heterocycles. The molecule has 7 amide bonds. The summed E-state index contributed by atoms with van der Waals surface area (Å²) in [6.45, 7) is 1.91. The Morgan fingerprint density at radius 2 is 1.05 bits per heavy atom. The van der Waals surface area contributed by atoms with Gasteiger partial charge < -0.3 is 53.0 Å². The van der Waals surface area contributed by atoms with Crippen LogP contribution in [-0.4, -0.2) is 107 Å². The number of nitrogens with one attached hydrogen (secondary N) is 8. The van der Waals surface area contributed by atoms with E-state index in [4.69, 9.17) is 5.73 Å². The number of aromatic nitrogens is 1. The zero-order valence-corrected chi connectivity index (χ0v) is 42.8. The number of nitrogens with two attached hydrogens (primary N) is 1. The number of aliphatic hydroxyl groups is 1. The van der Waals surface area contributed by atoms with Crippen LogP contribution in [0, 0.1) is 0 Å². The molecule has 17 nitrogen and oxygen atoms in total. The van der Waals surface area contributed by atoms with E-state index >= 15 is 0 Å². The Labute approximate surface area is 434 Å². The van der Waals surface area contributed by atoms with Gasteiger partial charge in [0.05, 0.1) is 6.10 Å². The maximum Gasteiger partial charge on any atom is 0.245 e. The molecule has 0 aliphatic carbocycles. The Kier molecular flexibility index (Phi) is 21.5. The van der Waals surface area contributed by atoms with Gasteiger partial charge in [-0.3, -0.25) is 33.6 Å². The van der Waals surface area contributed by atoms with Gasteiger partial charge in [-0.1, -0.05) is 120 Å². The van der Waals surface area contributed by atoms with E-state index < -0.39 is 77.8 Å². The molecular formula is C55H68BrN9O8. The normalized spacial score (nSPS) is 22.2. The second-order valence-corrected chi connectivity index (χ2v) is 19.5. The van der Waals surface area contributed by atoms with E-state index in [9.17, 15) is 38.7 Å². The second kappa shape index (κ2) is 28.4. The minimum Gasteiger partial charge on any atom is -0.391 e. The van der Waals surface area contributed by atoms with E-state index in [-0.39, 0.29) is 51.0 Å². The van der Waals surface area contributed by atoms with Crippen LogP contribution in [0.4, 0.5) is 0 Å². The quantitative estimate of drug-likeness (QED) is 0.0770. The van der Waals surface area contributed by atoms with Crippen LogP contribution in [0.25, 0.3) is 10.9 Å². The summed E-state index contributed by atoms with van der Waals surface area (Å²) < 4.78 is 0.775. The van der Waals surface area contributed by atoms with Crippen molar-refractivity contribution in [3.05, 3.63) is 142 Å². The number of hydrogen-bond donors (Lipinski definition) is 10. The predicted molar refractivity (Wildman–Crippen MR) is 282 cm³/mol. The van der Waals surface area contributed by atoms with Crippen molar-refractivity contribution in [1.29, 1.82) is 0 Å². The van der Waals surface area contributed by atoms with E-state index in [1.165, 1.54) is 6.92 Å². The van der Waals surface area contributed by atoms with E-state index in [2.05, 4.69) is 58.1 Å². The van der Waals surface area contributed by atoms with Gasteiger partial charge in [-0.2, -0.15) is 0 Å². The smallest absolute Gasteiger partial charge is 0.245 e. The number of fused-ring (bicyclic) bond motifs is 1. The molecule has 7 atom stereocenters. The van der Waals surface area contributed by atoms with Crippen LogP contribution in [0.5, 0.6) is 0 Å². The molecule has 0 spiro atoms. The number of amides is 7. The average molecular weight is 1060 g/mol. The molecule has 388 valence electrons. The number of H-pyrrole nitrogens is 1. The summed E-state index contributed by atoms with van der Waals surface area (Å²) in [6.07, 6.45) is 3.99. The molecule has 1 saturated heterocycles. The third-order valence-electron chi connectivity index (χ3n) is 12.8. The largest absolute Gasteiger partial charge is 0.391 e. The minimum absolute atomic E-state index is 0.0262. The van der Waals surface area contributed by atoms with Crippen molar-refractivity contribution < 1.29 is 38.7 Å². The summed E-state index contributed by atoms with van der Waals surface area (Å²) >= 11 is 3.53. The van der Waals surface area contributed by atoms with Gasteiger partial charge >= 0.3 is 0 Å². The van der Waals surface area contributed by atoms with Gasteiger partial charge in [0.2, 0.25) is 41.4 Å². The molecule has 1 aliphatic heterocycles. The fourth-order valence-electron chi connectivity index (χ4n) is 8.79. The highest BCUT2D eigenvalue weighted by Crippen LogP contribution is 2.24. The molecule has 0 bridgehead atoms. The van der Waals surface area contributed by atoms with Gasteiger partial charge in [-0.15, -0.1) is 0 Å². The van der Waals surface area contributed by atoms with E-state index in [0.717, 1.165) is 26.5 Å². The highest BCUT2D eigenvalue weighted by atomic mass is 79.9. The maximum atomic E-state index is 14.8. The van der Waals surface area contributed by atoms with Gasteiger partial charge in [0.25, 0.3) is 0 Å². The lowest BCUT2D eigenvalue weighted by Gasteiger charge is -2.28. The number of benzene rings is 4. The Balaban J connectivity index is 1.36. The highest BCUT2D eigenvalue weighted by molar-refractivity contribution is 9.10. The standard InChI is InChI=1S/C55H68BrN9O8/c1-35(66)49-55(73)64-44(29-36-17-7-4-8-18-36)50(68)58-28-16-3-2-13-24-48(67)60-45(30-37-19-9-5-10-20-37)52(70)62-46(31-38-21-11-6-12-22-38)53(71)63-47(32-39-34-59-42-26-25-40(56)33-41(39)42)54(72)61-43(51(69)65-49)23-14-15-27-57/h4-12,17-22,25-26,33-35,43-47,49,59,66H,2-3,13-16,23-24,27-32,57H2,1H3,(H,58,68)(H,60,67)(H,61,72)(H,62,70)(H,63,71)(H,64,73)(H,65,69)/t35-,43+,44+,45+,46+,47+,49+/m1/s1. The Hall–Kier alpha value is -6.89. The molecule has 18 heteroatoms. The van der Waals surface area contributed by atoms with Crippen molar-refractivity contribution in [2.45, 2.75) is 126 Å². The van der Waals surface area contributed by atoms with Crippen molar-refractivity contribution in [1.82, 2.24) is 42.2 Å². The SMILES string of the molecule is C[C@@H](O)[C@@H]1NC(=O)[C@H](CCCCN)NC(=O)[C@H](Cc2c[nH]c3ccc(Br)cc23)NC(=O)[C@H](Cc2ccccc2)NC(=O)[C@H](Cc2ccccc2)NC(=O)CCCCCCNC(=O)[C@H](Cc2ccccc2)NC1=O. The molecule has 4 aromatic carbocycles. The highest BCUT2D eigenvalue weighted by Gasteiger charge is 2.35. The third-order valence-corrected chi connectivity index (χ3v) is 13.3. The second-order valence-electron chi connectivity index (χ2n) is 18.6. The van der Waals surface area contributed by atoms with Crippen LogP contribution in [0.2, 0.25) is 0 Å². The molecule has 0 saturated carbocycles. The Morgan fingerprint density at radius 3 is 1.62 bits per heavy atom. The molecule has 0 radical (unpaired) electrons. The molecule has 2 heterocycles. The third kappa shape index (κ3) is 17.4. The predicted octanol–water partition coefficient (Wildman–Crippen LogP) is 3.70. The van der Waals surface area contributed by atoms with Crippen LogP contribution in [-0.2, 0) is 59.2 Å². The van der Waals surface area contributed by atoms with Crippen molar-refractivity contribution in [3.63, 3.8) is 0 Å². The first-order valence-corrected chi connectivity index (χ1v) is 25.9. The molecule has 73 heavy (non-hydrogen) atoms. The van der Waals surface area contributed by atoms with Crippen molar-refractivity contribution in [3.8, 4) is 0 Å². The van der Waals surface area contributed by atoms with Gasteiger partial charge in [-0.25, -0.2) is 0 Å². The molecule has 0 unspecified atom stereocenters. The summed E-state index contributed by atoms with van der Waals surface area (Å²) in [7, 11) is 0. The van der Waals surface area contributed by atoms with Crippen molar-refractivity contribution >= 4 is 68.2 Å². The number of unbranched alkanes of at least 4 members (excludes halogenated alkanes) is 1. The molecule has 5 aromatic rings. The summed E-state index contributed by atoms with van der Waals surface area (Å²) in [5.41, 5.74) is 9.54.